The van der Waals surface area contributed by atoms with Crippen LogP contribution in [0, 0.1) is 10.7 Å². The number of hydrogen-bond donors (Lipinski definition) is 0. The lowest BCUT2D eigenvalue weighted by Crippen LogP contribution is -2.40. The molecule has 0 N–H and O–H groups in total. The van der Waals surface area contributed by atoms with E-state index in [1.807, 2.05) is 22.6 Å². The normalized spacial score (nSPS) is 18.5. The first-order chi connectivity index (χ1) is 14.7. The molecule has 0 saturated carbocycles. The van der Waals surface area contributed by atoms with E-state index >= 15 is 0 Å². The molecule has 1 fully saturated rings. The Kier molecular flexibility index (Phi) is 5.89. The molecule has 4 rings (SSSR count). The fraction of sp³-hybridized carbons (Fsp3) is 0.476. The minimum Gasteiger partial charge on any atom is -0.280 e. The molecule has 1 saturated heterocycles. The second kappa shape index (κ2) is 8.33. The van der Waals surface area contributed by atoms with E-state index in [4.69, 9.17) is 17.3 Å². The lowest BCUT2D eigenvalue weighted by molar-refractivity contribution is 0.137. The highest BCUT2D eigenvalue weighted by Crippen LogP contribution is 2.21. The fourth-order valence-corrected chi connectivity index (χ4v) is 6.32. The molecule has 0 aliphatic carbocycles. The SMILES string of the molecule is C=CCn1c(=O)c2ccccc2n2c(=S)n(CN(CC(C)C)C3CCS(=O)(=O)C3)nc12. The highest BCUT2D eigenvalue weighted by atomic mass is 32.2. The second-order valence-corrected chi connectivity index (χ2v) is 11.1. The van der Waals surface area contributed by atoms with E-state index in [0.29, 0.717) is 47.0 Å². The molecule has 3 aromatic rings. The van der Waals surface area contributed by atoms with Crippen molar-refractivity contribution in [2.45, 2.75) is 39.5 Å². The highest BCUT2D eigenvalue weighted by Gasteiger charge is 2.33. The third-order valence-electron chi connectivity index (χ3n) is 5.64. The van der Waals surface area contributed by atoms with E-state index in [9.17, 15) is 13.2 Å². The van der Waals surface area contributed by atoms with Gasteiger partial charge in [-0.05, 0) is 36.7 Å². The highest BCUT2D eigenvalue weighted by molar-refractivity contribution is 7.91. The Balaban J connectivity index is 1.86. The molecule has 166 valence electrons. The van der Waals surface area contributed by atoms with E-state index in [2.05, 4.69) is 25.3 Å². The number of hydrogen-bond acceptors (Lipinski definition) is 6. The van der Waals surface area contributed by atoms with Crippen molar-refractivity contribution in [3.05, 3.63) is 52.0 Å². The van der Waals surface area contributed by atoms with Crippen molar-refractivity contribution in [3.8, 4) is 0 Å². The van der Waals surface area contributed by atoms with Crippen molar-refractivity contribution < 1.29 is 8.42 Å². The predicted octanol–water partition coefficient (Wildman–Crippen LogP) is 2.47. The first kappa shape index (κ1) is 21.9. The van der Waals surface area contributed by atoms with Gasteiger partial charge in [-0.3, -0.25) is 18.7 Å². The Morgan fingerprint density at radius 2 is 2.10 bits per heavy atom. The summed E-state index contributed by atoms with van der Waals surface area (Å²) in [6.07, 6.45) is 2.27. The van der Waals surface area contributed by atoms with Crippen LogP contribution >= 0.6 is 12.2 Å². The number of para-hydroxylation sites is 1. The number of nitrogens with zero attached hydrogens (tertiary/aromatic N) is 5. The van der Waals surface area contributed by atoms with Gasteiger partial charge >= 0.3 is 0 Å². The molecule has 1 atom stereocenters. The minimum absolute atomic E-state index is 0.0637. The Morgan fingerprint density at radius 3 is 2.74 bits per heavy atom. The van der Waals surface area contributed by atoms with Crippen molar-refractivity contribution in [1.82, 2.24) is 23.6 Å². The van der Waals surface area contributed by atoms with Crippen molar-refractivity contribution >= 4 is 38.7 Å². The third kappa shape index (κ3) is 4.11. The van der Waals surface area contributed by atoms with Gasteiger partial charge in [-0.2, -0.15) is 0 Å². The van der Waals surface area contributed by atoms with Gasteiger partial charge in [-0.1, -0.05) is 32.1 Å². The molecule has 1 unspecified atom stereocenters. The number of rotatable bonds is 7. The molecule has 1 aliphatic heterocycles. The zero-order valence-electron chi connectivity index (χ0n) is 17.8. The van der Waals surface area contributed by atoms with Gasteiger partial charge in [0.15, 0.2) is 9.84 Å². The summed E-state index contributed by atoms with van der Waals surface area (Å²) in [5.74, 6) is 1.18. The van der Waals surface area contributed by atoms with Crippen LogP contribution in [0.4, 0.5) is 0 Å². The number of fused-ring (bicyclic) bond motifs is 3. The van der Waals surface area contributed by atoms with E-state index in [1.54, 1.807) is 21.4 Å². The summed E-state index contributed by atoms with van der Waals surface area (Å²) in [4.78, 5) is 15.2. The van der Waals surface area contributed by atoms with Crippen LogP contribution in [0.5, 0.6) is 0 Å². The molecule has 3 heterocycles. The number of sulfone groups is 1. The summed E-state index contributed by atoms with van der Waals surface area (Å²) in [6.45, 7) is 9.39. The van der Waals surface area contributed by atoms with E-state index in [1.165, 1.54) is 0 Å². The van der Waals surface area contributed by atoms with Gasteiger partial charge in [0.1, 0.15) is 0 Å². The Labute approximate surface area is 186 Å². The molecular formula is C21H27N5O3S2. The summed E-state index contributed by atoms with van der Waals surface area (Å²) in [6, 6.07) is 7.27. The minimum atomic E-state index is -3.01. The van der Waals surface area contributed by atoms with Crippen molar-refractivity contribution in [2.24, 2.45) is 5.92 Å². The van der Waals surface area contributed by atoms with Crippen LogP contribution in [0.25, 0.3) is 16.7 Å². The largest absolute Gasteiger partial charge is 0.280 e. The smallest absolute Gasteiger partial charge is 0.263 e. The summed E-state index contributed by atoms with van der Waals surface area (Å²) >= 11 is 5.77. The van der Waals surface area contributed by atoms with Crippen LogP contribution in [-0.2, 0) is 23.1 Å². The second-order valence-electron chi connectivity index (χ2n) is 8.50. The van der Waals surface area contributed by atoms with E-state index < -0.39 is 9.84 Å². The summed E-state index contributed by atoms with van der Waals surface area (Å²) in [7, 11) is -3.01. The number of aromatic nitrogens is 4. The van der Waals surface area contributed by atoms with Crippen LogP contribution in [-0.4, -0.2) is 56.2 Å². The van der Waals surface area contributed by atoms with Gasteiger partial charge in [-0.15, -0.1) is 11.7 Å². The maximum atomic E-state index is 13.0. The molecular weight excluding hydrogens is 434 g/mol. The Hall–Kier alpha value is -2.30. The van der Waals surface area contributed by atoms with Crippen LogP contribution in [0.1, 0.15) is 20.3 Å². The zero-order chi connectivity index (χ0) is 22.3. The molecule has 31 heavy (non-hydrogen) atoms. The van der Waals surface area contributed by atoms with Crippen molar-refractivity contribution in [3.63, 3.8) is 0 Å². The average Bonchev–Trinajstić information content (AvgIpc) is 3.24. The van der Waals surface area contributed by atoms with Gasteiger partial charge in [0.05, 0.1) is 29.1 Å². The average molecular weight is 462 g/mol. The van der Waals surface area contributed by atoms with Crippen LogP contribution < -0.4 is 5.56 Å². The molecule has 0 spiro atoms. The lowest BCUT2D eigenvalue weighted by atomic mass is 10.1. The van der Waals surface area contributed by atoms with Crippen LogP contribution in [0.3, 0.4) is 0 Å². The molecule has 0 radical (unpaired) electrons. The summed E-state index contributed by atoms with van der Waals surface area (Å²) in [5, 5.41) is 5.26. The van der Waals surface area contributed by atoms with Gasteiger partial charge in [0.25, 0.3) is 5.56 Å². The number of benzene rings is 1. The Morgan fingerprint density at radius 1 is 1.35 bits per heavy atom. The van der Waals surface area contributed by atoms with Gasteiger partial charge in [0, 0.05) is 19.1 Å². The fourth-order valence-electron chi connectivity index (χ4n) is 4.28. The quantitative estimate of drug-likeness (QED) is 0.397. The molecule has 10 heteroatoms. The third-order valence-corrected chi connectivity index (χ3v) is 7.78. The maximum absolute atomic E-state index is 13.0. The van der Waals surface area contributed by atoms with Crippen molar-refractivity contribution in [2.75, 3.05) is 18.1 Å². The molecule has 0 bridgehead atoms. The van der Waals surface area contributed by atoms with Crippen LogP contribution in [0.15, 0.2) is 41.7 Å². The first-order valence-electron chi connectivity index (χ1n) is 10.4. The zero-order valence-corrected chi connectivity index (χ0v) is 19.4. The van der Waals surface area contributed by atoms with E-state index in [0.717, 1.165) is 6.54 Å². The van der Waals surface area contributed by atoms with Crippen LogP contribution in [0.2, 0.25) is 0 Å². The number of allylic oxidation sites excluding steroid dienone is 1. The monoisotopic (exact) mass is 461 g/mol. The topological polar surface area (TPSA) is 81.6 Å². The van der Waals surface area contributed by atoms with Gasteiger partial charge in [0.2, 0.25) is 10.5 Å². The molecule has 8 nitrogen and oxygen atoms in total. The Bertz CT molecular complexity index is 1370. The molecule has 1 aliphatic rings. The standard InChI is InChI=1S/C21H27N5O3S2/c1-4-10-24-19(27)17-7-5-6-8-18(17)26-20(24)22-25(21(26)30)14-23(12-15(2)3)16-9-11-31(28,29)13-16/h4-8,15-16H,1,9-14H2,2-3H3. The van der Waals surface area contributed by atoms with Gasteiger partial charge in [-0.25, -0.2) is 13.1 Å². The maximum Gasteiger partial charge on any atom is 0.263 e. The van der Waals surface area contributed by atoms with E-state index in [-0.39, 0.29) is 23.1 Å². The molecule has 2 aromatic heterocycles. The molecule has 1 aromatic carbocycles. The summed E-state index contributed by atoms with van der Waals surface area (Å²) < 4.78 is 29.7. The van der Waals surface area contributed by atoms with Gasteiger partial charge < -0.3 is 0 Å². The lowest BCUT2D eigenvalue weighted by Gasteiger charge is -2.29. The summed E-state index contributed by atoms with van der Waals surface area (Å²) in [5.41, 5.74) is 0.564. The predicted molar refractivity (Wildman–Crippen MR) is 125 cm³/mol. The molecule has 0 amide bonds. The van der Waals surface area contributed by atoms with Crippen molar-refractivity contribution in [1.29, 1.82) is 0 Å². The first-order valence-corrected chi connectivity index (χ1v) is 12.6.